The third-order valence-corrected chi connectivity index (χ3v) is 0.984. The predicted octanol–water partition coefficient (Wildman–Crippen LogP) is -0.730. The predicted molar refractivity (Wildman–Crippen MR) is 27.4 cm³/mol. The SMILES string of the molecule is [Se]c1ncccn1. The number of hydrogen-bond donors (Lipinski definition) is 0. The Hall–Kier alpha value is -0.401. The van der Waals surface area contributed by atoms with Gasteiger partial charge in [0.1, 0.15) is 0 Å². The van der Waals surface area contributed by atoms with E-state index in [0.717, 1.165) is 0 Å². The minimum absolute atomic E-state index is 0.697. The Balaban J connectivity index is 3.02. The first kappa shape index (κ1) is 4.75. The number of rotatable bonds is 0. The first-order valence-electron chi connectivity index (χ1n) is 1.83. The third-order valence-electron chi connectivity index (χ3n) is 0.542. The summed E-state index contributed by atoms with van der Waals surface area (Å²) in [5.41, 5.74) is 0. The van der Waals surface area contributed by atoms with Gasteiger partial charge in [0.2, 0.25) is 0 Å². The molecule has 0 bridgehead atoms. The van der Waals surface area contributed by atoms with Gasteiger partial charge in [0, 0.05) is 0 Å². The van der Waals surface area contributed by atoms with Crippen LogP contribution in [0.15, 0.2) is 18.5 Å². The van der Waals surface area contributed by atoms with E-state index in [4.69, 9.17) is 0 Å². The maximum atomic E-state index is 3.81. The summed E-state index contributed by atoms with van der Waals surface area (Å²) in [6, 6.07) is 1.78. The summed E-state index contributed by atoms with van der Waals surface area (Å²) in [4.78, 5) is 7.62. The number of hydrogen-bond acceptors (Lipinski definition) is 2. The summed E-state index contributed by atoms with van der Waals surface area (Å²) in [6.07, 6.45) is 3.39. The van der Waals surface area contributed by atoms with Crippen LogP contribution in [0.1, 0.15) is 0 Å². The topological polar surface area (TPSA) is 25.8 Å². The summed E-state index contributed by atoms with van der Waals surface area (Å²) in [5.74, 6) is 0. The Morgan fingerprint density at radius 2 is 1.86 bits per heavy atom. The van der Waals surface area contributed by atoms with E-state index in [2.05, 4.69) is 26.0 Å². The standard InChI is InChI=1S/C4H3N2Se/c7-4-5-2-1-3-6-4/h1-3H. The first-order chi connectivity index (χ1) is 3.39. The van der Waals surface area contributed by atoms with E-state index in [-0.39, 0.29) is 0 Å². The summed E-state index contributed by atoms with van der Waals surface area (Å²) < 4.78 is 0.697. The molecule has 2 nitrogen and oxygen atoms in total. The molecule has 1 radical (unpaired) electrons. The molecule has 35 valence electrons. The molecular formula is C4H3N2Se. The fraction of sp³-hybridized carbons (Fsp3) is 0. The monoisotopic (exact) mass is 159 g/mol. The zero-order valence-corrected chi connectivity index (χ0v) is 5.25. The van der Waals surface area contributed by atoms with Gasteiger partial charge in [-0.15, -0.1) is 0 Å². The van der Waals surface area contributed by atoms with Gasteiger partial charge < -0.3 is 0 Å². The quantitative estimate of drug-likeness (QED) is 0.465. The average Bonchev–Trinajstić information content (AvgIpc) is 1.69. The molecule has 0 aliphatic rings. The fourth-order valence-electron chi connectivity index (χ4n) is 0.285. The van der Waals surface area contributed by atoms with E-state index in [1.165, 1.54) is 0 Å². The fourth-order valence-corrected chi connectivity index (χ4v) is 0.541. The first-order valence-corrected chi connectivity index (χ1v) is 2.69. The van der Waals surface area contributed by atoms with E-state index in [1.54, 1.807) is 18.5 Å². The molecule has 0 saturated heterocycles. The van der Waals surface area contributed by atoms with Crippen molar-refractivity contribution in [2.45, 2.75) is 0 Å². The van der Waals surface area contributed by atoms with Gasteiger partial charge in [-0.25, -0.2) is 0 Å². The summed E-state index contributed by atoms with van der Waals surface area (Å²) in [6.45, 7) is 0. The van der Waals surface area contributed by atoms with Crippen LogP contribution in [0, 0.1) is 0 Å². The van der Waals surface area contributed by atoms with Crippen LogP contribution in [0.4, 0.5) is 0 Å². The van der Waals surface area contributed by atoms with Crippen LogP contribution in [0.5, 0.6) is 0 Å². The van der Waals surface area contributed by atoms with Gasteiger partial charge in [-0.1, -0.05) is 0 Å². The summed E-state index contributed by atoms with van der Waals surface area (Å²) >= 11 is 2.68. The molecule has 0 aromatic carbocycles. The molecule has 1 aromatic heterocycles. The summed E-state index contributed by atoms with van der Waals surface area (Å²) in [7, 11) is 0. The van der Waals surface area contributed by atoms with Crippen molar-refractivity contribution in [3.05, 3.63) is 18.5 Å². The van der Waals surface area contributed by atoms with Crippen LogP contribution in [-0.4, -0.2) is 26.0 Å². The van der Waals surface area contributed by atoms with Crippen LogP contribution >= 0.6 is 0 Å². The van der Waals surface area contributed by atoms with Gasteiger partial charge in [0.25, 0.3) is 0 Å². The van der Waals surface area contributed by atoms with E-state index < -0.39 is 0 Å². The van der Waals surface area contributed by atoms with Crippen LogP contribution in [0.2, 0.25) is 0 Å². The molecule has 0 aliphatic carbocycles. The second-order valence-corrected chi connectivity index (χ2v) is 1.80. The molecular weight excluding hydrogens is 155 g/mol. The molecule has 0 spiro atoms. The zero-order chi connectivity index (χ0) is 5.11. The van der Waals surface area contributed by atoms with Crippen molar-refractivity contribution in [1.82, 2.24) is 9.97 Å². The molecule has 0 amide bonds. The zero-order valence-electron chi connectivity index (χ0n) is 3.53. The third kappa shape index (κ3) is 1.26. The molecule has 1 heterocycles. The second kappa shape index (κ2) is 2.05. The van der Waals surface area contributed by atoms with Crippen molar-refractivity contribution in [1.29, 1.82) is 0 Å². The van der Waals surface area contributed by atoms with Crippen LogP contribution < -0.4 is 4.72 Å². The maximum absolute atomic E-state index is 3.81. The second-order valence-electron chi connectivity index (χ2n) is 1.03. The van der Waals surface area contributed by atoms with Gasteiger partial charge in [-0.3, -0.25) is 0 Å². The molecule has 1 rings (SSSR count). The van der Waals surface area contributed by atoms with E-state index in [0.29, 0.717) is 4.72 Å². The molecule has 0 unspecified atom stereocenters. The summed E-state index contributed by atoms with van der Waals surface area (Å²) in [5, 5.41) is 0. The van der Waals surface area contributed by atoms with Crippen LogP contribution in [0.3, 0.4) is 0 Å². The molecule has 0 fully saturated rings. The molecule has 0 saturated carbocycles. The Bertz CT molecular complexity index is 140. The van der Waals surface area contributed by atoms with Crippen molar-refractivity contribution in [3.63, 3.8) is 0 Å². The van der Waals surface area contributed by atoms with Crippen molar-refractivity contribution in [2.24, 2.45) is 0 Å². The van der Waals surface area contributed by atoms with Crippen LogP contribution in [0.25, 0.3) is 0 Å². The Kier molecular flexibility index (Phi) is 1.39. The van der Waals surface area contributed by atoms with Crippen molar-refractivity contribution >= 4 is 20.7 Å². The number of aromatic nitrogens is 2. The van der Waals surface area contributed by atoms with Gasteiger partial charge in [-0.2, -0.15) is 0 Å². The molecule has 1 aromatic rings. The van der Waals surface area contributed by atoms with E-state index >= 15 is 0 Å². The Morgan fingerprint density at radius 1 is 1.29 bits per heavy atom. The molecule has 7 heavy (non-hydrogen) atoms. The van der Waals surface area contributed by atoms with E-state index in [9.17, 15) is 0 Å². The Labute approximate surface area is 49.8 Å². The molecule has 0 atom stereocenters. The number of nitrogens with zero attached hydrogens (tertiary/aromatic N) is 2. The van der Waals surface area contributed by atoms with Crippen molar-refractivity contribution in [3.8, 4) is 0 Å². The van der Waals surface area contributed by atoms with E-state index in [1.807, 2.05) is 0 Å². The Morgan fingerprint density at radius 3 is 2.14 bits per heavy atom. The molecule has 0 N–H and O–H groups in total. The van der Waals surface area contributed by atoms with Gasteiger partial charge >= 0.3 is 49.2 Å². The molecule has 0 aliphatic heterocycles. The normalized spacial score (nSPS) is 8.57. The van der Waals surface area contributed by atoms with Crippen molar-refractivity contribution < 1.29 is 0 Å². The van der Waals surface area contributed by atoms with Crippen molar-refractivity contribution in [2.75, 3.05) is 0 Å². The van der Waals surface area contributed by atoms with Gasteiger partial charge in [-0.05, 0) is 0 Å². The molecule has 3 heteroatoms. The van der Waals surface area contributed by atoms with Gasteiger partial charge in [0.05, 0.1) is 0 Å². The van der Waals surface area contributed by atoms with Crippen LogP contribution in [-0.2, 0) is 0 Å². The average molecular weight is 158 g/mol. The van der Waals surface area contributed by atoms with Gasteiger partial charge in [0.15, 0.2) is 0 Å². The minimum atomic E-state index is 0.697.